The van der Waals surface area contributed by atoms with Crippen molar-refractivity contribution >= 4 is 12.0 Å². The van der Waals surface area contributed by atoms with Gasteiger partial charge in [0.1, 0.15) is 0 Å². The Balaban J connectivity index is 1.38. The smallest absolute Gasteiger partial charge is 0.315 e. The SMILES string of the molecule is O=C(NCCOCC1CC1)NC1C2CCC(C2)C1C(=O)O. The highest BCUT2D eigenvalue weighted by Gasteiger charge is 2.51. The molecule has 6 nitrogen and oxygen atoms in total. The summed E-state index contributed by atoms with van der Waals surface area (Å²) in [5, 5.41) is 15.0. The summed E-state index contributed by atoms with van der Waals surface area (Å²) in [5.74, 6) is 0.0951. The number of hydrogen-bond acceptors (Lipinski definition) is 3. The molecule has 3 saturated carbocycles. The monoisotopic (exact) mass is 296 g/mol. The summed E-state index contributed by atoms with van der Waals surface area (Å²) in [6.07, 6.45) is 5.47. The molecule has 0 aliphatic heterocycles. The molecule has 3 N–H and O–H groups in total. The zero-order valence-electron chi connectivity index (χ0n) is 12.2. The third kappa shape index (κ3) is 3.48. The van der Waals surface area contributed by atoms with Crippen molar-refractivity contribution in [3.8, 4) is 0 Å². The summed E-state index contributed by atoms with van der Waals surface area (Å²) in [5.41, 5.74) is 0. The van der Waals surface area contributed by atoms with Gasteiger partial charge in [-0.1, -0.05) is 0 Å². The summed E-state index contributed by atoms with van der Waals surface area (Å²) >= 11 is 0. The fraction of sp³-hybridized carbons (Fsp3) is 0.867. The number of carbonyl (C=O) groups excluding carboxylic acids is 1. The van der Waals surface area contributed by atoms with Crippen LogP contribution in [0.1, 0.15) is 32.1 Å². The zero-order valence-corrected chi connectivity index (χ0v) is 12.2. The molecule has 0 aromatic heterocycles. The minimum Gasteiger partial charge on any atom is -0.481 e. The van der Waals surface area contributed by atoms with Crippen molar-refractivity contribution in [2.75, 3.05) is 19.8 Å². The van der Waals surface area contributed by atoms with Gasteiger partial charge in [-0.15, -0.1) is 0 Å². The molecule has 118 valence electrons. The largest absolute Gasteiger partial charge is 0.481 e. The quantitative estimate of drug-likeness (QED) is 0.616. The number of carbonyl (C=O) groups is 2. The van der Waals surface area contributed by atoms with Gasteiger partial charge < -0.3 is 20.5 Å². The number of aliphatic carboxylic acids is 1. The Morgan fingerprint density at radius 1 is 1.14 bits per heavy atom. The van der Waals surface area contributed by atoms with E-state index in [-0.39, 0.29) is 18.0 Å². The lowest BCUT2D eigenvalue weighted by atomic mass is 9.84. The van der Waals surface area contributed by atoms with Gasteiger partial charge in [-0.25, -0.2) is 4.79 Å². The Bertz CT molecular complexity index is 410. The van der Waals surface area contributed by atoms with E-state index < -0.39 is 11.9 Å². The van der Waals surface area contributed by atoms with Gasteiger partial charge in [0.25, 0.3) is 0 Å². The number of hydrogen-bond donors (Lipinski definition) is 3. The number of amides is 2. The van der Waals surface area contributed by atoms with E-state index >= 15 is 0 Å². The van der Waals surface area contributed by atoms with Gasteiger partial charge in [0.2, 0.25) is 0 Å². The standard InChI is InChI=1S/C15H24N2O4/c18-14(19)12-10-3-4-11(7-10)13(12)17-15(20)16-5-6-21-8-9-1-2-9/h9-13H,1-8H2,(H,18,19)(H2,16,17,20). The maximum Gasteiger partial charge on any atom is 0.315 e. The van der Waals surface area contributed by atoms with E-state index in [2.05, 4.69) is 10.6 Å². The molecule has 3 aliphatic carbocycles. The van der Waals surface area contributed by atoms with Crippen LogP contribution in [0.4, 0.5) is 4.79 Å². The van der Waals surface area contributed by atoms with Crippen molar-refractivity contribution in [2.45, 2.75) is 38.1 Å². The number of carboxylic acids is 1. The lowest BCUT2D eigenvalue weighted by molar-refractivity contribution is -0.144. The molecular weight excluding hydrogens is 272 g/mol. The highest BCUT2D eigenvalue weighted by Crippen LogP contribution is 2.48. The van der Waals surface area contributed by atoms with Crippen molar-refractivity contribution in [2.24, 2.45) is 23.7 Å². The molecule has 4 unspecified atom stereocenters. The molecule has 21 heavy (non-hydrogen) atoms. The van der Waals surface area contributed by atoms with Crippen molar-refractivity contribution in [3.05, 3.63) is 0 Å². The first-order valence-corrected chi connectivity index (χ1v) is 8.00. The lowest BCUT2D eigenvalue weighted by Gasteiger charge is -2.28. The normalized spacial score (nSPS) is 33.9. The summed E-state index contributed by atoms with van der Waals surface area (Å²) in [7, 11) is 0. The van der Waals surface area contributed by atoms with Gasteiger partial charge in [0, 0.05) is 19.2 Å². The molecule has 4 atom stereocenters. The third-order valence-electron chi connectivity index (χ3n) is 5.08. The van der Waals surface area contributed by atoms with Crippen molar-refractivity contribution in [1.29, 1.82) is 0 Å². The topological polar surface area (TPSA) is 87.7 Å². The molecular formula is C15H24N2O4. The maximum absolute atomic E-state index is 11.9. The van der Waals surface area contributed by atoms with Crippen LogP contribution in [0.15, 0.2) is 0 Å². The van der Waals surface area contributed by atoms with Gasteiger partial charge in [-0.05, 0) is 49.9 Å². The first-order chi connectivity index (χ1) is 10.1. The van der Waals surface area contributed by atoms with E-state index in [0.717, 1.165) is 31.8 Å². The Hall–Kier alpha value is -1.30. The fourth-order valence-electron chi connectivity index (χ4n) is 3.83. The van der Waals surface area contributed by atoms with Gasteiger partial charge in [0.05, 0.1) is 12.5 Å². The van der Waals surface area contributed by atoms with Crippen LogP contribution in [0.2, 0.25) is 0 Å². The molecule has 0 spiro atoms. The van der Waals surface area contributed by atoms with Crippen LogP contribution in [-0.4, -0.2) is 42.9 Å². The van der Waals surface area contributed by atoms with Gasteiger partial charge in [0.15, 0.2) is 0 Å². The van der Waals surface area contributed by atoms with Gasteiger partial charge in [-0.2, -0.15) is 0 Å². The van der Waals surface area contributed by atoms with E-state index in [4.69, 9.17) is 4.74 Å². The van der Waals surface area contributed by atoms with E-state index in [1.54, 1.807) is 0 Å². The molecule has 0 aromatic carbocycles. The minimum atomic E-state index is -0.778. The molecule has 6 heteroatoms. The molecule has 3 rings (SSSR count). The highest BCUT2D eigenvalue weighted by molar-refractivity contribution is 5.77. The van der Waals surface area contributed by atoms with Crippen LogP contribution < -0.4 is 10.6 Å². The van der Waals surface area contributed by atoms with Gasteiger partial charge >= 0.3 is 12.0 Å². The Kier molecular flexibility index (Phi) is 4.33. The second kappa shape index (κ2) is 6.22. The number of urea groups is 1. The van der Waals surface area contributed by atoms with Crippen LogP contribution in [0.25, 0.3) is 0 Å². The Morgan fingerprint density at radius 3 is 2.62 bits per heavy atom. The molecule has 0 saturated heterocycles. The Labute approximate surface area is 124 Å². The lowest BCUT2D eigenvalue weighted by Crippen LogP contribution is -2.50. The molecule has 0 heterocycles. The number of fused-ring (bicyclic) bond motifs is 2. The van der Waals surface area contributed by atoms with Crippen molar-refractivity contribution in [3.63, 3.8) is 0 Å². The van der Waals surface area contributed by atoms with E-state index in [1.807, 2.05) is 0 Å². The number of rotatable bonds is 7. The van der Waals surface area contributed by atoms with Crippen LogP contribution >= 0.6 is 0 Å². The summed E-state index contributed by atoms with van der Waals surface area (Å²) in [6, 6.07) is -0.484. The zero-order chi connectivity index (χ0) is 14.8. The molecule has 3 fully saturated rings. The average molecular weight is 296 g/mol. The van der Waals surface area contributed by atoms with Crippen molar-refractivity contribution in [1.82, 2.24) is 10.6 Å². The fourth-order valence-corrected chi connectivity index (χ4v) is 3.83. The van der Waals surface area contributed by atoms with Crippen molar-refractivity contribution < 1.29 is 19.4 Å². The van der Waals surface area contributed by atoms with Crippen LogP contribution in [0.3, 0.4) is 0 Å². The second-order valence-electron chi connectivity index (χ2n) is 6.64. The van der Waals surface area contributed by atoms with Crippen LogP contribution in [0.5, 0.6) is 0 Å². The van der Waals surface area contributed by atoms with Crippen LogP contribution in [-0.2, 0) is 9.53 Å². The number of ether oxygens (including phenoxy) is 1. The molecule has 2 bridgehead atoms. The first kappa shape index (κ1) is 14.6. The molecule has 2 amide bonds. The first-order valence-electron chi connectivity index (χ1n) is 8.00. The second-order valence-corrected chi connectivity index (χ2v) is 6.64. The predicted octanol–water partition coefficient (Wildman–Crippen LogP) is 1.21. The number of carboxylic acid groups (broad SMARTS) is 1. The number of nitrogens with one attached hydrogen (secondary N) is 2. The molecule has 3 aliphatic rings. The highest BCUT2D eigenvalue weighted by atomic mass is 16.5. The van der Waals surface area contributed by atoms with Gasteiger partial charge in [-0.3, -0.25) is 4.79 Å². The summed E-state index contributed by atoms with van der Waals surface area (Å²) in [6.45, 7) is 1.77. The third-order valence-corrected chi connectivity index (χ3v) is 5.08. The summed E-state index contributed by atoms with van der Waals surface area (Å²) < 4.78 is 5.45. The van der Waals surface area contributed by atoms with Crippen LogP contribution in [0, 0.1) is 23.7 Å². The van der Waals surface area contributed by atoms with E-state index in [0.29, 0.717) is 19.1 Å². The van der Waals surface area contributed by atoms with E-state index in [9.17, 15) is 14.7 Å². The maximum atomic E-state index is 11.9. The summed E-state index contributed by atoms with van der Waals surface area (Å²) in [4.78, 5) is 23.2. The predicted molar refractivity (Wildman–Crippen MR) is 75.8 cm³/mol. The average Bonchev–Trinajstić information content (AvgIpc) is 3.04. The minimum absolute atomic E-state index is 0.214. The molecule has 0 aromatic rings. The van der Waals surface area contributed by atoms with E-state index in [1.165, 1.54) is 12.8 Å². The molecule has 0 radical (unpaired) electrons. The Morgan fingerprint density at radius 2 is 1.90 bits per heavy atom.